The van der Waals surface area contributed by atoms with Crippen molar-refractivity contribution in [3.8, 4) is 0 Å². The number of aromatic nitrogens is 2. The van der Waals surface area contributed by atoms with Gasteiger partial charge < -0.3 is 9.88 Å². The van der Waals surface area contributed by atoms with E-state index in [4.69, 9.17) is 0 Å². The zero-order valence-electron chi connectivity index (χ0n) is 11.2. The van der Waals surface area contributed by atoms with Crippen LogP contribution < -0.4 is 5.32 Å². The molecule has 18 heavy (non-hydrogen) atoms. The van der Waals surface area contributed by atoms with Crippen LogP contribution in [0.15, 0.2) is 12.5 Å². The van der Waals surface area contributed by atoms with Crippen LogP contribution in [0.5, 0.6) is 0 Å². The number of hydrogen-bond donors (Lipinski definition) is 1. The van der Waals surface area contributed by atoms with E-state index in [1.807, 2.05) is 19.4 Å². The summed E-state index contributed by atoms with van der Waals surface area (Å²) in [6.45, 7) is 6.84. The summed E-state index contributed by atoms with van der Waals surface area (Å²) in [7, 11) is -2.86. The molecule has 5 nitrogen and oxygen atoms in total. The maximum atomic E-state index is 11.5. The van der Waals surface area contributed by atoms with Crippen LogP contribution in [0.3, 0.4) is 0 Å². The van der Waals surface area contributed by atoms with Crippen LogP contribution in [0.25, 0.3) is 0 Å². The smallest absolute Gasteiger partial charge is 0.152 e. The van der Waals surface area contributed by atoms with Crippen molar-refractivity contribution in [1.82, 2.24) is 14.9 Å². The monoisotopic (exact) mass is 271 g/mol. The van der Waals surface area contributed by atoms with Crippen molar-refractivity contribution in [3.05, 3.63) is 18.2 Å². The Hall–Kier alpha value is -0.880. The summed E-state index contributed by atoms with van der Waals surface area (Å²) in [4.78, 5) is 4.14. The molecule has 0 radical (unpaired) electrons. The Morgan fingerprint density at radius 1 is 1.56 bits per heavy atom. The zero-order valence-corrected chi connectivity index (χ0v) is 12.0. The average Bonchev–Trinajstić information content (AvgIpc) is 2.81. The highest BCUT2D eigenvalue weighted by Gasteiger charge is 2.37. The minimum Gasteiger partial charge on any atom is -0.331 e. The summed E-state index contributed by atoms with van der Waals surface area (Å²) < 4.78 is 25.1. The molecule has 0 amide bonds. The first kappa shape index (κ1) is 13.5. The van der Waals surface area contributed by atoms with Crippen molar-refractivity contribution in [1.29, 1.82) is 0 Å². The molecular formula is C12H21N3O2S. The molecule has 2 rings (SSSR count). The largest absolute Gasteiger partial charge is 0.331 e. The van der Waals surface area contributed by atoms with Gasteiger partial charge in [0.1, 0.15) is 0 Å². The maximum absolute atomic E-state index is 11.5. The van der Waals surface area contributed by atoms with Crippen molar-refractivity contribution in [2.45, 2.75) is 45.3 Å². The summed E-state index contributed by atoms with van der Waals surface area (Å²) in [6.07, 6.45) is 4.33. The predicted molar refractivity (Wildman–Crippen MR) is 71.1 cm³/mol. The van der Waals surface area contributed by atoms with Crippen molar-refractivity contribution in [3.63, 3.8) is 0 Å². The molecule has 1 unspecified atom stereocenters. The SMILES string of the molecule is CC(C)n1cncc1CNC1(C)CCS(=O)(=O)C1. The normalized spacial score (nSPS) is 26.9. The second kappa shape index (κ2) is 4.66. The molecule has 0 saturated carbocycles. The first-order valence-electron chi connectivity index (χ1n) is 6.27. The summed E-state index contributed by atoms with van der Waals surface area (Å²) in [5.41, 5.74) is 0.792. The van der Waals surface area contributed by atoms with E-state index in [2.05, 4.69) is 28.7 Å². The van der Waals surface area contributed by atoms with E-state index in [1.165, 1.54) is 0 Å². The van der Waals surface area contributed by atoms with Gasteiger partial charge in [0.15, 0.2) is 9.84 Å². The third-order valence-electron chi connectivity index (χ3n) is 3.50. The number of imidazole rings is 1. The number of nitrogens with one attached hydrogen (secondary N) is 1. The van der Waals surface area contributed by atoms with Gasteiger partial charge >= 0.3 is 0 Å². The molecule has 1 aromatic rings. The molecule has 1 atom stereocenters. The standard InChI is InChI=1S/C12H21N3O2S/c1-10(2)15-9-13-6-11(15)7-14-12(3)4-5-18(16,17)8-12/h6,9-10,14H,4-5,7-8H2,1-3H3. The predicted octanol–water partition coefficient (Wildman–Crippen LogP) is 1.13. The molecule has 1 aromatic heterocycles. The first-order chi connectivity index (χ1) is 8.31. The molecule has 1 aliphatic heterocycles. The molecule has 6 heteroatoms. The second-order valence-corrected chi connectivity index (χ2v) is 7.83. The Morgan fingerprint density at radius 2 is 2.28 bits per heavy atom. The van der Waals surface area contributed by atoms with Gasteiger partial charge in [0.2, 0.25) is 0 Å². The van der Waals surface area contributed by atoms with Crippen LogP contribution in [0.4, 0.5) is 0 Å². The molecule has 0 spiro atoms. The Morgan fingerprint density at radius 3 is 2.83 bits per heavy atom. The summed E-state index contributed by atoms with van der Waals surface area (Å²) in [5, 5.41) is 3.37. The van der Waals surface area contributed by atoms with Crippen molar-refractivity contribution in [2.75, 3.05) is 11.5 Å². The van der Waals surface area contributed by atoms with Gasteiger partial charge in [-0.2, -0.15) is 0 Å². The molecule has 1 aliphatic rings. The van der Waals surface area contributed by atoms with Gasteiger partial charge in [-0.3, -0.25) is 0 Å². The molecule has 1 saturated heterocycles. The van der Waals surface area contributed by atoms with E-state index in [0.717, 1.165) is 5.69 Å². The number of nitrogens with zero attached hydrogens (tertiary/aromatic N) is 2. The lowest BCUT2D eigenvalue weighted by Crippen LogP contribution is -2.43. The van der Waals surface area contributed by atoms with Gasteiger partial charge in [0, 0.05) is 24.3 Å². The first-order valence-corrected chi connectivity index (χ1v) is 8.10. The van der Waals surface area contributed by atoms with Crippen LogP contribution >= 0.6 is 0 Å². The highest BCUT2D eigenvalue weighted by atomic mass is 32.2. The van der Waals surface area contributed by atoms with Crippen LogP contribution in [0.1, 0.15) is 38.9 Å². The number of sulfone groups is 1. The number of rotatable bonds is 4. The summed E-state index contributed by atoms with van der Waals surface area (Å²) in [6, 6.07) is 0.365. The van der Waals surface area contributed by atoms with Gasteiger partial charge in [0.05, 0.1) is 23.5 Å². The van der Waals surface area contributed by atoms with Gasteiger partial charge in [0.25, 0.3) is 0 Å². The number of hydrogen-bond acceptors (Lipinski definition) is 4. The molecule has 1 N–H and O–H groups in total. The molecule has 0 bridgehead atoms. The van der Waals surface area contributed by atoms with E-state index in [1.54, 1.807) is 0 Å². The third-order valence-corrected chi connectivity index (χ3v) is 5.41. The molecule has 0 aromatic carbocycles. The zero-order chi connectivity index (χ0) is 13.4. The third kappa shape index (κ3) is 2.92. The van der Waals surface area contributed by atoms with Gasteiger partial charge in [-0.1, -0.05) is 0 Å². The van der Waals surface area contributed by atoms with Crippen LogP contribution in [0, 0.1) is 0 Å². The quantitative estimate of drug-likeness (QED) is 0.891. The van der Waals surface area contributed by atoms with E-state index >= 15 is 0 Å². The van der Waals surface area contributed by atoms with Crippen molar-refractivity contribution >= 4 is 9.84 Å². The summed E-state index contributed by atoms with van der Waals surface area (Å²) >= 11 is 0. The van der Waals surface area contributed by atoms with E-state index in [0.29, 0.717) is 24.8 Å². The topological polar surface area (TPSA) is 64.0 Å². The molecule has 102 valence electrons. The van der Waals surface area contributed by atoms with Crippen LogP contribution in [-0.2, 0) is 16.4 Å². The van der Waals surface area contributed by atoms with Gasteiger partial charge in [-0.05, 0) is 27.2 Å². The van der Waals surface area contributed by atoms with Crippen LogP contribution in [-0.4, -0.2) is 35.0 Å². The van der Waals surface area contributed by atoms with E-state index in [9.17, 15) is 8.42 Å². The molecular weight excluding hydrogens is 250 g/mol. The van der Waals surface area contributed by atoms with Crippen molar-refractivity contribution in [2.24, 2.45) is 0 Å². The Balaban J connectivity index is 2.02. The van der Waals surface area contributed by atoms with E-state index < -0.39 is 9.84 Å². The highest BCUT2D eigenvalue weighted by Crippen LogP contribution is 2.23. The fourth-order valence-corrected chi connectivity index (χ4v) is 4.51. The molecule has 0 aliphatic carbocycles. The van der Waals surface area contributed by atoms with Crippen molar-refractivity contribution < 1.29 is 8.42 Å². The van der Waals surface area contributed by atoms with Gasteiger partial charge in [-0.25, -0.2) is 13.4 Å². The Kier molecular flexibility index (Phi) is 3.51. The van der Waals surface area contributed by atoms with E-state index in [-0.39, 0.29) is 11.3 Å². The average molecular weight is 271 g/mol. The van der Waals surface area contributed by atoms with Gasteiger partial charge in [-0.15, -0.1) is 0 Å². The minimum absolute atomic E-state index is 0.232. The lowest BCUT2D eigenvalue weighted by Gasteiger charge is -2.24. The molecule has 1 fully saturated rings. The Bertz CT molecular complexity index is 521. The fourth-order valence-electron chi connectivity index (χ4n) is 2.39. The maximum Gasteiger partial charge on any atom is 0.152 e. The molecule has 2 heterocycles. The second-order valence-electron chi connectivity index (χ2n) is 5.64. The highest BCUT2D eigenvalue weighted by molar-refractivity contribution is 7.91. The Labute approximate surface area is 109 Å². The van der Waals surface area contributed by atoms with Crippen LogP contribution in [0.2, 0.25) is 0 Å². The lowest BCUT2D eigenvalue weighted by atomic mass is 10.0. The minimum atomic E-state index is -2.86. The fraction of sp³-hybridized carbons (Fsp3) is 0.750. The lowest BCUT2D eigenvalue weighted by molar-refractivity contribution is 0.386. The summed E-state index contributed by atoms with van der Waals surface area (Å²) in [5.74, 6) is 0.524.